The average Bonchev–Trinajstić information content (AvgIpc) is 3.18. The van der Waals surface area contributed by atoms with E-state index < -0.39 is 0 Å². The van der Waals surface area contributed by atoms with Gasteiger partial charge >= 0.3 is 0 Å². The molecular formula is C16H12N4OS. The largest absolute Gasteiger partial charge is 0.348 e. The molecule has 0 bridgehead atoms. The van der Waals surface area contributed by atoms with Crippen molar-refractivity contribution >= 4 is 33.0 Å². The minimum Gasteiger partial charge on any atom is -0.348 e. The van der Waals surface area contributed by atoms with E-state index in [9.17, 15) is 4.79 Å². The van der Waals surface area contributed by atoms with Gasteiger partial charge in [-0.1, -0.05) is 6.07 Å². The maximum atomic E-state index is 12.3. The Balaban J connectivity index is 1.54. The molecular weight excluding hydrogens is 296 g/mol. The zero-order chi connectivity index (χ0) is 14.9. The van der Waals surface area contributed by atoms with Crippen molar-refractivity contribution in [2.75, 3.05) is 0 Å². The smallest absolute Gasteiger partial charge is 0.251 e. The van der Waals surface area contributed by atoms with E-state index in [4.69, 9.17) is 0 Å². The summed E-state index contributed by atoms with van der Waals surface area (Å²) >= 11 is 1.53. The Kier molecular flexibility index (Phi) is 3.08. The molecule has 0 aliphatic carbocycles. The molecule has 108 valence electrons. The molecule has 0 fully saturated rings. The predicted octanol–water partition coefficient (Wildman–Crippen LogP) is 2.87. The van der Waals surface area contributed by atoms with E-state index in [1.807, 2.05) is 36.5 Å². The number of nitrogens with one attached hydrogen (secondary N) is 1. The number of fused-ring (bicyclic) bond motifs is 2. The van der Waals surface area contributed by atoms with Gasteiger partial charge in [-0.2, -0.15) is 5.10 Å². The second-order valence-electron chi connectivity index (χ2n) is 4.92. The second-order valence-corrected chi connectivity index (χ2v) is 5.80. The quantitative estimate of drug-likeness (QED) is 0.633. The third-order valence-electron chi connectivity index (χ3n) is 3.54. The van der Waals surface area contributed by atoms with E-state index in [0.717, 1.165) is 21.3 Å². The molecule has 1 aromatic carbocycles. The summed E-state index contributed by atoms with van der Waals surface area (Å²) in [7, 11) is 0. The first-order valence-corrected chi connectivity index (χ1v) is 7.72. The summed E-state index contributed by atoms with van der Waals surface area (Å²) in [6.07, 6.45) is 3.67. The monoisotopic (exact) mass is 308 g/mol. The summed E-state index contributed by atoms with van der Waals surface area (Å²) in [5.41, 5.74) is 5.34. The highest BCUT2D eigenvalue weighted by atomic mass is 32.1. The molecule has 0 aliphatic heterocycles. The Hall–Kier alpha value is -2.73. The van der Waals surface area contributed by atoms with Crippen molar-refractivity contribution in [3.8, 4) is 0 Å². The fourth-order valence-electron chi connectivity index (χ4n) is 2.40. The van der Waals surface area contributed by atoms with Gasteiger partial charge in [0.05, 0.1) is 27.4 Å². The Morgan fingerprint density at radius 1 is 1.27 bits per heavy atom. The maximum Gasteiger partial charge on any atom is 0.251 e. The molecule has 1 amide bonds. The Morgan fingerprint density at radius 3 is 3.18 bits per heavy atom. The first-order chi connectivity index (χ1) is 10.8. The van der Waals surface area contributed by atoms with Crippen LogP contribution in [-0.4, -0.2) is 20.5 Å². The zero-order valence-electron chi connectivity index (χ0n) is 11.6. The number of pyridine rings is 1. The summed E-state index contributed by atoms with van der Waals surface area (Å²) in [6, 6.07) is 11.4. The van der Waals surface area contributed by atoms with Crippen LogP contribution in [0.1, 0.15) is 15.9 Å². The van der Waals surface area contributed by atoms with Gasteiger partial charge in [0.15, 0.2) is 0 Å². The molecule has 3 heterocycles. The van der Waals surface area contributed by atoms with Crippen molar-refractivity contribution in [1.29, 1.82) is 0 Å². The van der Waals surface area contributed by atoms with Gasteiger partial charge in [-0.05, 0) is 30.3 Å². The lowest BCUT2D eigenvalue weighted by Gasteiger charge is -2.04. The highest BCUT2D eigenvalue weighted by molar-refractivity contribution is 7.16. The molecule has 0 saturated carbocycles. The minimum absolute atomic E-state index is 0.0921. The van der Waals surface area contributed by atoms with Gasteiger partial charge in [0.25, 0.3) is 5.91 Å². The van der Waals surface area contributed by atoms with Gasteiger partial charge in [-0.15, -0.1) is 11.3 Å². The number of thiazole rings is 1. The van der Waals surface area contributed by atoms with Crippen LogP contribution in [0.2, 0.25) is 0 Å². The van der Waals surface area contributed by atoms with Crippen molar-refractivity contribution in [3.63, 3.8) is 0 Å². The Labute approximate surface area is 130 Å². The fraction of sp³-hybridized carbons (Fsp3) is 0.0625. The third kappa shape index (κ3) is 2.23. The summed E-state index contributed by atoms with van der Waals surface area (Å²) in [4.78, 5) is 16.5. The van der Waals surface area contributed by atoms with Crippen molar-refractivity contribution in [3.05, 3.63) is 65.4 Å². The van der Waals surface area contributed by atoms with Gasteiger partial charge in [-0.25, -0.2) is 9.50 Å². The van der Waals surface area contributed by atoms with Gasteiger partial charge in [0, 0.05) is 23.9 Å². The van der Waals surface area contributed by atoms with Crippen LogP contribution < -0.4 is 5.32 Å². The van der Waals surface area contributed by atoms with Crippen LogP contribution in [0.5, 0.6) is 0 Å². The normalized spacial score (nSPS) is 11.1. The number of hydrogen-bond acceptors (Lipinski definition) is 4. The summed E-state index contributed by atoms with van der Waals surface area (Å²) in [5, 5.41) is 7.20. The highest BCUT2D eigenvalue weighted by Gasteiger charge is 2.09. The van der Waals surface area contributed by atoms with Crippen molar-refractivity contribution in [2.24, 2.45) is 0 Å². The lowest BCUT2D eigenvalue weighted by molar-refractivity contribution is 0.0951. The van der Waals surface area contributed by atoms with Gasteiger partial charge < -0.3 is 5.32 Å². The van der Waals surface area contributed by atoms with E-state index in [1.165, 1.54) is 11.3 Å². The number of carbonyl (C=O) groups excluding carboxylic acids is 1. The number of nitrogens with zero attached hydrogens (tertiary/aromatic N) is 3. The molecule has 0 radical (unpaired) electrons. The van der Waals surface area contributed by atoms with Gasteiger partial charge in [-0.3, -0.25) is 4.79 Å². The Morgan fingerprint density at radius 2 is 2.23 bits per heavy atom. The zero-order valence-corrected chi connectivity index (χ0v) is 12.4. The van der Waals surface area contributed by atoms with Gasteiger partial charge in [0.2, 0.25) is 0 Å². The SMILES string of the molecule is O=C(NCc1cnn2ccccc12)c1ccc2ncsc2c1. The second kappa shape index (κ2) is 5.23. The molecule has 5 nitrogen and oxygen atoms in total. The molecule has 4 rings (SSSR count). The summed E-state index contributed by atoms with van der Waals surface area (Å²) < 4.78 is 2.81. The van der Waals surface area contributed by atoms with Crippen LogP contribution in [0, 0.1) is 0 Å². The number of benzene rings is 1. The fourth-order valence-corrected chi connectivity index (χ4v) is 3.11. The standard InChI is InChI=1S/C16H12N4OS/c21-16(11-4-5-13-15(7-11)22-10-18-13)17-8-12-9-19-20-6-2-1-3-14(12)20/h1-7,9-10H,8H2,(H,17,21). The predicted molar refractivity (Wildman–Crippen MR) is 86.0 cm³/mol. The lowest BCUT2D eigenvalue weighted by Crippen LogP contribution is -2.22. The minimum atomic E-state index is -0.0921. The van der Waals surface area contributed by atoms with E-state index in [2.05, 4.69) is 15.4 Å². The van der Waals surface area contributed by atoms with Crippen LogP contribution in [0.25, 0.3) is 15.7 Å². The number of amides is 1. The molecule has 4 aromatic rings. The molecule has 0 saturated heterocycles. The van der Waals surface area contributed by atoms with Crippen LogP contribution >= 0.6 is 11.3 Å². The van der Waals surface area contributed by atoms with E-state index in [1.54, 1.807) is 22.3 Å². The number of aromatic nitrogens is 3. The molecule has 6 heteroatoms. The number of rotatable bonds is 3. The Bertz CT molecular complexity index is 972. The average molecular weight is 308 g/mol. The lowest BCUT2D eigenvalue weighted by atomic mass is 10.2. The van der Waals surface area contributed by atoms with Crippen LogP contribution in [-0.2, 0) is 6.54 Å². The van der Waals surface area contributed by atoms with Crippen LogP contribution in [0.15, 0.2) is 54.3 Å². The molecule has 22 heavy (non-hydrogen) atoms. The van der Waals surface area contributed by atoms with Crippen molar-refractivity contribution in [1.82, 2.24) is 19.9 Å². The number of carbonyl (C=O) groups is 1. The molecule has 0 spiro atoms. The topological polar surface area (TPSA) is 59.3 Å². The van der Waals surface area contributed by atoms with E-state index in [0.29, 0.717) is 12.1 Å². The van der Waals surface area contributed by atoms with Crippen LogP contribution in [0.3, 0.4) is 0 Å². The van der Waals surface area contributed by atoms with E-state index in [-0.39, 0.29) is 5.91 Å². The first-order valence-electron chi connectivity index (χ1n) is 6.84. The van der Waals surface area contributed by atoms with E-state index >= 15 is 0 Å². The highest BCUT2D eigenvalue weighted by Crippen LogP contribution is 2.19. The van der Waals surface area contributed by atoms with Crippen molar-refractivity contribution < 1.29 is 4.79 Å². The van der Waals surface area contributed by atoms with Gasteiger partial charge in [0.1, 0.15) is 0 Å². The summed E-state index contributed by atoms with van der Waals surface area (Å²) in [5.74, 6) is -0.0921. The molecule has 0 atom stereocenters. The molecule has 0 unspecified atom stereocenters. The third-order valence-corrected chi connectivity index (χ3v) is 4.33. The molecule has 0 aliphatic rings. The van der Waals surface area contributed by atoms with Crippen molar-refractivity contribution in [2.45, 2.75) is 6.54 Å². The van der Waals surface area contributed by atoms with Crippen LogP contribution in [0.4, 0.5) is 0 Å². The molecule has 3 aromatic heterocycles. The molecule has 1 N–H and O–H groups in total. The maximum absolute atomic E-state index is 12.3. The number of hydrogen-bond donors (Lipinski definition) is 1. The summed E-state index contributed by atoms with van der Waals surface area (Å²) in [6.45, 7) is 0.451. The first kappa shape index (κ1) is 13.0.